The van der Waals surface area contributed by atoms with E-state index >= 15 is 0 Å². The molecule has 38 heavy (non-hydrogen) atoms. The Morgan fingerprint density at radius 3 is 2.37 bits per heavy atom. The number of amides is 3. The molecule has 0 saturated carbocycles. The maximum Gasteiger partial charge on any atom is 0.245 e. The predicted octanol–water partition coefficient (Wildman–Crippen LogP) is 0.877. The Balaban J connectivity index is 1.84. The zero-order valence-corrected chi connectivity index (χ0v) is 21.5. The number of nitrogens with one attached hydrogen (secondary N) is 4. The molecule has 2 aromatic rings. The fourth-order valence-corrected chi connectivity index (χ4v) is 4.03. The molecule has 6 N–H and O–H groups in total. The number of aliphatic hydroxyl groups is 1. The summed E-state index contributed by atoms with van der Waals surface area (Å²) in [6.07, 6.45) is 4.97. The summed E-state index contributed by atoms with van der Waals surface area (Å²) in [5.41, 5.74) is 1.63. The Kier molecular flexibility index (Phi) is 11.1. The van der Waals surface area contributed by atoms with Crippen molar-refractivity contribution in [3.8, 4) is 11.5 Å². The van der Waals surface area contributed by atoms with Crippen LogP contribution in [0.3, 0.4) is 0 Å². The number of aromatic hydroxyl groups is 1. The third-order valence-electron chi connectivity index (χ3n) is 6.08. The van der Waals surface area contributed by atoms with Crippen molar-refractivity contribution in [3.63, 3.8) is 0 Å². The molecule has 10 nitrogen and oxygen atoms in total. The van der Waals surface area contributed by atoms with Crippen molar-refractivity contribution in [3.05, 3.63) is 65.7 Å². The van der Waals surface area contributed by atoms with Crippen LogP contribution in [-0.2, 0) is 20.8 Å². The van der Waals surface area contributed by atoms with Gasteiger partial charge in [-0.25, -0.2) is 0 Å². The molecule has 2 aromatic carbocycles. The number of phenolic OH excluding ortho intramolecular Hbond substituents is 1. The molecule has 1 aliphatic rings. The van der Waals surface area contributed by atoms with E-state index in [0.717, 1.165) is 11.1 Å². The molecule has 204 valence electrons. The number of rotatable bonds is 5. The van der Waals surface area contributed by atoms with Crippen LogP contribution in [0.2, 0.25) is 0 Å². The quantitative estimate of drug-likeness (QED) is 0.340. The molecule has 1 aliphatic heterocycles. The number of aliphatic hydroxyl groups excluding tert-OH is 1. The molecule has 3 amide bonds. The van der Waals surface area contributed by atoms with Gasteiger partial charge in [0.15, 0.2) is 0 Å². The zero-order valence-electron chi connectivity index (χ0n) is 21.5. The minimum absolute atomic E-state index is 0.111. The van der Waals surface area contributed by atoms with Crippen molar-refractivity contribution >= 4 is 23.8 Å². The Hall–Kier alpha value is -3.89. The minimum atomic E-state index is -1.24. The van der Waals surface area contributed by atoms with E-state index in [4.69, 9.17) is 4.74 Å². The van der Waals surface area contributed by atoms with E-state index in [0.29, 0.717) is 25.1 Å². The van der Waals surface area contributed by atoms with Crippen molar-refractivity contribution in [2.75, 3.05) is 26.3 Å². The second kappa shape index (κ2) is 14.7. The van der Waals surface area contributed by atoms with Gasteiger partial charge >= 0.3 is 0 Å². The lowest BCUT2D eigenvalue weighted by Gasteiger charge is -2.24. The molecule has 0 saturated heterocycles. The van der Waals surface area contributed by atoms with Gasteiger partial charge in [0.1, 0.15) is 30.2 Å². The van der Waals surface area contributed by atoms with Crippen LogP contribution in [0.15, 0.2) is 54.6 Å². The van der Waals surface area contributed by atoms with Gasteiger partial charge in [0.25, 0.3) is 0 Å². The fraction of sp³-hybridized carbons (Fsp3) is 0.393. The summed E-state index contributed by atoms with van der Waals surface area (Å²) in [5.74, 6) is -0.723. The van der Waals surface area contributed by atoms with Crippen LogP contribution in [-0.4, -0.2) is 72.4 Å². The van der Waals surface area contributed by atoms with E-state index < -0.39 is 36.5 Å². The summed E-state index contributed by atoms with van der Waals surface area (Å²) in [5, 5.41) is 30.7. The largest absolute Gasteiger partial charge is 0.508 e. The smallest absolute Gasteiger partial charge is 0.245 e. The summed E-state index contributed by atoms with van der Waals surface area (Å²) >= 11 is 0. The molecule has 3 rings (SSSR count). The highest BCUT2D eigenvalue weighted by Crippen LogP contribution is 2.19. The highest BCUT2D eigenvalue weighted by atomic mass is 16.5. The average Bonchev–Trinajstić information content (AvgIpc) is 2.92. The lowest BCUT2D eigenvalue weighted by Crippen LogP contribution is -2.58. The highest BCUT2D eigenvalue weighted by Gasteiger charge is 2.28. The summed E-state index contributed by atoms with van der Waals surface area (Å²) in [6.45, 7) is 2.12. The summed E-state index contributed by atoms with van der Waals surface area (Å²) < 4.78 is 5.94. The number of fused-ring (bicyclic) bond motifs is 1. The predicted molar refractivity (Wildman–Crippen MR) is 143 cm³/mol. The highest BCUT2D eigenvalue weighted by molar-refractivity contribution is 5.93. The maximum atomic E-state index is 13.2. The van der Waals surface area contributed by atoms with Crippen LogP contribution < -0.4 is 26.0 Å². The van der Waals surface area contributed by atoms with Crippen molar-refractivity contribution in [2.24, 2.45) is 0 Å². The van der Waals surface area contributed by atoms with Crippen LogP contribution in [0.1, 0.15) is 30.9 Å². The molecular formula is C28H36N4O6. The van der Waals surface area contributed by atoms with Crippen LogP contribution in [0, 0.1) is 0 Å². The fourth-order valence-electron chi connectivity index (χ4n) is 4.03. The van der Waals surface area contributed by atoms with Gasteiger partial charge < -0.3 is 36.2 Å². The first-order valence-electron chi connectivity index (χ1n) is 12.8. The molecule has 0 aliphatic carbocycles. The van der Waals surface area contributed by atoms with Crippen LogP contribution in [0.5, 0.6) is 11.5 Å². The molecule has 3 atom stereocenters. The molecule has 0 spiro atoms. The lowest BCUT2D eigenvalue weighted by atomic mass is 10.0. The molecule has 0 bridgehead atoms. The third-order valence-corrected chi connectivity index (χ3v) is 6.08. The Morgan fingerprint density at radius 2 is 1.63 bits per heavy atom. The SMILES string of the molecule is CCC[C@@H]1NC(=O)[C@@H](CO)NC(=O)[C@@H](Cc2ccc(O)cc2)NCCOc2ccccc2/C=C/CNC1=O. The van der Waals surface area contributed by atoms with Crippen molar-refractivity contribution in [2.45, 2.75) is 44.3 Å². The van der Waals surface area contributed by atoms with Gasteiger partial charge in [-0.3, -0.25) is 14.4 Å². The summed E-state index contributed by atoms with van der Waals surface area (Å²) in [7, 11) is 0. The van der Waals surface area contributed by atoms with Gasteiger partial charge in [0, 0.05) is 18.7 Å². The first-order valence-corrected chi connectivity index (χ1v) is 12.8. The number of benzene rings is 2. The zero-order chi connectivity index (χ0) is 27.3. The number of ether oxygens (including phenoxy) is 1. The molecule has 0 radical (unpaired) electrons. The van der Waals surface area contributed by atoms with E-state index in [1.807, 2.05) is 37.3 Å². The van der Waals surface area contributed by atoms with Crippen molar-refractivity contribution < 1.29 is 29.3 Å². The normalized spacial score (nSPS) is 22.5. The van der Waals surface area contributed by atoms with Gasteiger partial charge in [-0.05, 0) is 36.6 Å². The number of carbonyl (C=O) groups excluding carboxylic acids is 3. The van der Waals surface area contributed by atoms with E-state index in [1.165, 1.54) is 12.1 Å². The standard InChI is InChI=1S/C28H36N4O6/c1-2-6-22-26(35)30-14-5-8-20-7-3-4-9-25(20)38-16-15-29-23(17-19-10-12-21(34)13-11-19)27(36)32-24(18-33)28(37)31-22/h3-5,7-13,22-24,29,33-34H,2,6,14-18H2,1H3,(H,30,35)(H,31,37)(H,32,36)/b8-5+/t22-,23+,24+/m0/s1. The van der Waals surface area contributed by atoms with E-state index in [2.05, 4.69) is 21.3 Å². The van der Waals surface area contributed by atoms with Crippen molar-refractivity contribution in [1.29, 1.82) is 0 Å². The number of hydrogen-bond acceptors (Lipinski definition) is 7. The molecule has 10 heteroatoms. The Bertz CT molecular complexity index is 1100. The lowest BCUT2D eigenvalue weighted by molar-refractivity contribution is -0.133. The van der Waals surface area contributed by atoms with Crippen LogP contribution >= 0.6 is 0 Å². The van der Waals surface area contributed by atoms with Crippen LogP contribution in [0.25, 0.3) is 6.08 Å². The summed E-state index contributed by atoms with van der Waals surface area (Å²) in [4.78, 5) is 38.9. The average molecular weight is 525 g/mol. The second-order valence-corrected chi connectivity index (χ2v) is 9.00. The first-order chi connectivity index (χ1) is 18.4. The topological polar surface area (TPSA) is 149 Å². The van der Waals surface area contributed by atoms with Crippen molar-refractivity contribution in [1.82, 2.24) is 21.3 Å². The van der Waals surface area contributed by atoms with Gasteiger partial charge in [-0.15, -0.1) is 0 Å². The van der Waals surface area contributed by atoms with Crippen LogP contribution in [0.4, 0.5) is 0 Å². The molecule has 0 aromatic heterocycles. The van der Waals surface area contributed by atoms with Gasteiger partial charge in [0.05, 0.1) is 12.6 Å². The molecular weight excluding hydrogens is 488 g/mol. The molecule has 0 fully saturated rings. The molecule has 0 unspecified atom stereocenters. The maximum absolute atomic E-state index is 13.2. The number of phenols is 1. The van der Waals surface area contributed by atoms with Gasteiger partial charge in [-0.1, -0.05) is 55.8 Å². The molecule has 1 heterocycles. The second-order valence-electron chi connectivity index (χ2n) is 9.00. The van der Waals surface area contributed by atoms with Gasteiger partial charge in [-0.2, -0.15) is 0 Å². The third kappa shape index (κ3) is 8.60. The minimum Gasteiger partial charge on any atom is -0.508 e. The Labute approximate surface area is 222 Å². The van der Waals surface area contributed by atoms with E-state index in [1.54, 1.807) is 18.2 Å². The number of para-hydroxylation sites is 1. The van der Waals surface area contributed by atoms with Gasteiger partial charge in [0.2, 0.25) is 17.7 Å². The van der Waals surface area contributed by atoms with E-state index in [9.17, 15) is 24.6 Å². The number of hydrogen-bond donors (Lipinski definition) is 6. The summed E-state index contributed by atoms with van der Waals surface area (Å²) in [6, 6.07) is 11.2. The monoisotopic (exact) mass is 524 g/mol. The number of carbonyl (C=O) groups is 3. The first kappa shape index (κ1) is 28.7. The van der Waals surface area contributed by atoms with E-state index in [-0.39, 0.29) is 31.2 Å². The Morgan fingerprint density at radius 1 is 0.921 bits per heavy atom.